The molecule has 196 valence electrons. The third-order valence-corrected chi connectivity index (χ3v) is 7.26. The first-order chi connectivity index (χ1) is 18.1. The molecule has 0 unspecified atom stereocenters. The molecule has 0 aromatic heterocycles. The van der Waals surface area contributed by atoms with Crippen molar-refractivity contribution in [3.05, 3.63) is 82.2 Å². The molecule has 8 nitrogen and oxygen atoms in total. The van der Waals surface area contributed by atoms with Crippen LogP contribution in [0.4, 0.5) is 11.4 Å². The summed E-state index contributed by atoms with van der Waals surface area (Å²) >= 11 is 0. The van der Waals surface area contributed by atoms with Gasteiger partial charge in [-0.15, -0.1) is 0 Å². The molecular formula is C30H34N6O2. The van der Waals surface area contributed by atoms with Gasteiger partial charge >= 0.3 is 0 Å². The Hall–Kier alpha value is -4.20. The van der Waals surface area contributed by atoms with Gasteiger partial charge in [-0.05, 0) is 64.8 Å². The molecule has 1 saturated heterocycles. The zero-order chi connectivity index (χ0) is 27.1. The quantitative estimate of drug-likeness (QED) is 0.570. The zero-order valence-electron chi connectivity index (χ0n) is 22.9. The van der Waals surface area contributed by atoms with E-state index >= 15 is 0 Å². The van der Waals surface area contributed by atoms with Crippen LogP contribution in [-0.2, 0) is 9.59 Å². The molecule has 0 spiro atoms. The monoisotopic (exact) mass is 510 g/mol. The lowest BCUT2D eigenvalue weighted by Crippen LogP contribution is -2.42. The number of carbonyl (C=O) groups excluding carboxylic acids is 2. The van der Waals surface area contributed by atoms with E-state index in [1.165, 1.54) is 10.0 Å². The Balaban J connectivity index is 1.25. The molecule has 0 aliphatic carbocycles. The number of hydrogen-bond acceptors (Lipinski definition) is 6. The summed E-state index contributed by atoms with van der Waals surface area (Å²) in [6.07, 6.45) is 3.87. The molecule has 38 heavy (non-hydrogen) atoms. The molecule has 0 atom stereocenters. The molecule has 8 heteroatoms. The van der Waals surface area contributed by atoms with Crippen LogP contribution in [-0.4, -0.2) is 59.2 Å². The van der Waals surface area contributed by atoms with Gasteiger partial charge in [0.15, 0.2) is 0 Å². The molecule has 0 bridgehead atoms. The lowest BCUT2D eigenvalue weighted by atomic mass is 10.1. The third-order valence-electron chi connectivity index (χ3n) is 7.26. The summed E-state index contributed by atoms with van der Waals surface area (Å²) in [5.41, 5.74) is 8.65. The minimum Gasteiger partial charge on any atom is -0.373 e. The van der Waals surface area contributed by atoms with Gasteiger partial charge in [-0.3, -0.25) is 9.59 Å². The van der Waals surface area contributed by atoms with Crippen molar-refractivity contribution in [2.45, 2.75) is 41.5 Å². The summed E-state index contributed by atoms with van der Waals surface area (Å²) in [5.74, 6) is -0.206. The van der Waals surface area contributed by atoms with Gasteiger partial charge in [-0.25, -0.2) is 0 Å². The standard InChI is InChI=1S/C30H34N6O2/c1-19-7-9-27(21(3)15-19)35-29(37)25(23(5)31-35)17-33-11-13-34(14-12-33)18-26-24(6)32-36(30(26)38)28-10-8-20(2)16-22(28)4/h7-10,15-18H,11-14H2,1-6H3/b25-17-,26-18+. The molecule has 2 aromatic carbocycles. The number of rotatable bonds is 4. The molecule has 0 saturated carbocycles. The number of nitrogens with zero attached hydrogens (tertiary/aromatic N) is 6. The summed E-state index contributed by atoms with van der Waals surface area (Å²) < 4.78 is 0. The van der Waals surface area contributed by atoms with E-state index in [1.54, 1.807) is 0 Å². The fourth-order valence-corrected chi connectivity index (χ4v) is 5.11. The topological polar surface area (TPSA) is 71.8 Å². The summed E-state index contributed by atoms with van der Waals surface area (Å²) in [6, 6.07) is 12.0. The molecule has 3 aliphatic heterocycles. The number of hydrazone groups is 2. The Kier molecular flexibility index (Phi) is 6.65. The Morgan fingerprint density at radius 2 is 0.974 bits per heavy atom. The summed E-state index contributed by atoms with van der Waals surface area (Å²) in [5, 5.41) is 12.1. The lowest BCUT2D eigenvalue weighted by molar-refractivity contribution is -0.115. The minimum atomic E-state index is -0.103. The van der Waals surface area contributed by atoms with E-state index < -0.39 is 0 Å². The number of anilines is 2. The second-order valence-corrected chi connectivity index (χ2v) is 10.3. The summed E-state index contributed by atoms with van der Waals surface area (Å²) in [7, 11) is 0. The van der Waals surface area contributed by atoms with Crippen LogP contribution in [0, 0.1) is 27.7 Å². The van der Waals surface area contributed by atoms with Gasteiger partial charge in [0.25, 0.3) is 11.8 Å². The number of hydrogen-bond donors (Lipinski definition) is 0. The van der Waals surface area contributed by atoms with Crippen LogP contribution in [0.15, 0.2) is 70.1 Å². The van der Waals surface area contributed by atoms with Crippen molar-refractivity contribution in [2.24, 2.45) is 10.2 Å². The zero-order valence-corrected chi connectivity index (χ0v) is 22.9. The molecule has 2 amide bonds. The van der Waals surface area contributed by atoms with Crippen LogP contribution in [0.5, 0.6) is 0 Å². The Morgan fingerprint density at radius 1 is 0.605 bits per heavy atom. The predicted octanol–water partition coefficient (Wildman–Crippen LogP) is 4.45. The molecule has 3 aliphatic rings. The van der Waals surface area contributed by atoms with Crippen LogP contribution in [0.25, 0.3) is 0 Å². The first-order valence-electron chi connectivity index (χ1n) is 13.0. The highest BCUT2D eigenvalue weighted by Gasteiger charge is 2.32. The lowest BCUT2D eigenvalue weighted by Gasteiger charge is -2.34. The highest BCUT2D eigenvalue weighted by atomic mass is 16.2. The Morgan fingerprint density at radius 3 is 1.32 bits per heavy atom. The van der Waals surface area contributed by atoms with E-state index in [-0.39, 0.29) is 11.8 Å². The maximum absolute atomic E-state index is 13.2. The van der Waals surface area contributed by atoms with E-state index in [0.29, 0.717) is 11.1 Å². The molecule has 3 heterocycles. The second kappa shape index (κ2) is 9.93. The first kappa shape index (κ1) is 25.4. The van der Waals surface area contributed by atoms with Crippen LogP contribution in [0.1, 0.15) is 36.1 Å². The van der Waals surface area contributed by atoms with E-state index in [1.807, 2.05) is 78.2 Å². The van der Waals surface area contributed by atoms with Crippen LogP contribution < -0.4 is 10.0 Å². The summed E-state index contributed by atoms with van der Waals surface area (Å²) in [4.78, 5) is 30.8. The number of piperazine rings is 1. The molecule has 0 radical (unpaired) electrons. The number of aryl methyl sites for hydroxylation is 4. The highest BCUT2D eigenvalue weighted by Crippen LogP contribution is 2.29. The maximum Gasteiger partial charge on any atom is 0.282 e. The van der Waals surface area contributed by atoms with Gasteiger partial charge in [-0.1, -0.05) is 35.4 Å². The van der Waals surface area contributed by atoms with E-state index in [2.05, 4.69) is 32.1 Å². The SMILES string of the molecule is CC1=NN(c2ccc(C)cc2C)C(=O)/C1=C\N1CCN(/C=C2/C(=O)N(c3ccc(C)cc3C)N=C2C)CC1. The van der Waals surface area contributed by atoms with Crippen molar-refractivity contribution >= 4 is 34.6 Å². The number of benzene rings is 2. The largest absolute Gasteiger partial charge is 0.373 e. The van der Waals surface area contributed by atoms with E-state index in [9.17, 15) is 9.59 Å². The molecule has 1 fully saturated rings. The highest BCUT2D eigenvalue weighted by molar-refractivity contribution is 6.30. The van der Waals surface area contributed by atoms with Crippen LogP contribution in [0.2, 0.25) is 0 Å². The average Bonchev–Trinajstić information content (AvgIpc) is 3.30. The van der Waals surface area contributed by atoms with E-state index in [0.717, 1.165) is 71.2 Å². The molecule has 0 N–H and O–H groups in total. The third kappa shape index (κ3) is 4.74. The van der Waals surface area contributed by atoms with Crippen molar-refractivity contribution in [3.8, 4) is 0 Å². The predicted molar refractivity (Wildman–Crippen MR) is 152 cm³/mol. The van der Waals surface area contributed by atoms with Crippen molar-refractivity contribution in [1.82, 2.24) is 9.80 Å². The van der Waals surface area contributed by atoms with E-state index in [4.69, 9.17) is 0 Å². The Labute approximate surface area is 224 Å². The normalized spacial score (nSPS) is 20.3. The van der Waals surface area contributed by atoms with Crippen molar-refractivity contribution in [2.75, 3.05) is 36.2 Å². The average molecular weight is 511 g/mol. The Bertz CT molecular complexity index is 1330. The number of carbonyl (C=O) groups is 2. The minimum absolute atomic E-state index is 0.103. The van der Waals surface area contributed by atoms with Crippen molar-refractivity contribution < 1.29 is 9.59 Å². The van der Waals surface area contributed by atoms with Gasteiger partial charge in [-0.2, -0.15) is 20.2 Å². The summed E-state index contributed by atoms with van der Waals surface area (Å²) in [6.45, 7) is 14.8. The van der Waals surface area contributed by atoms with Crippen molar-refractivity contribution in [1.29, 1.82) is 0 Å². The smallest absolute Gasteiger partial charge is 0.282 e. The molecular weight excluding hydrogens is 476 g/mol. The van der Waals surface area contributed by atoms with Gasteiger partial charge < -0.3 is 9.80 Å². The van der Waals surface area contributed by atoms with Crippen LogP contribution in [0.3, 0.4) is 0 Å². The maximum atomic E-state index is 13.2. The van der Waals surface area contributed by atoms with Gasteiger partial charge in [0.2, 0.25) is 0 Å². The van der Waals surface area contributed by atoms with Gasteiger partial charge in [0.05, 0.1) is 33.9 Å². The van der Waals surface area contributed by atoms with Gasteiger partial charge in [0, 0.05) is 38.6 Å². The fourth-order valence-electron chi connectivity index (χ4n) is 5.11. The first-order valence-corrected chi connectivity index (χ1v) is 13.0. The van der Waals surface area contributed by atoms with Crippen molar-refractivity contribution in [3.63, 3.8) is 0 Å². The number of amides is 2. The van der Waals surface area contributed by atoms with Gasteiger partial charge in [0.1, 0.15) is 0 Å². The molecule has 5 rings (SSSR count). The fraction of sp³-hybridized carbons (Fsp3) is 0.333. The second-order valence-electron chi connectivity index (χ2n) is 10.3. The molecule has 2 aromatic rings. The van der Waals surface area contributed by atoms with Crippen LogP contribution >= 0.6 is 0 Å².